The fourth-order valence-corrected chi connectivity index (χ4v) is 3.56. The van der Waals surface area contributed by atoms with Crippen LogP contribution in [0.2, 0.25) is 0 Å². The summed E-state index contributed by atoms with van der Waals surface area (Å²) >= 11 is 0. The molecule has 3 atom stereocenters. The minimum absolute atomic E-state index is 0.186. The lowest BCUT2D eigenvalue weighted by molar-refractivity contribution is -0.132. The number of hydrogen-bond donors (Lipinski definition) is 3. The van der Waals surface area contributed by atoms with Crippen LogP contribution in [0.4, 0.5) is 0 Å². The second-order valence-corrected chi connectivity index (χ2v) is 8.59. The predicted molar refractivity (Wildman–Crippen MR) is 119 cm³/mol. The summed E-state index contributed by atoms with van der Waals surface area (Å²) < 4.78 is 10.5. The molecule has 0 saturated carbocycles. The summed E-state index contributed by atoms with van der Waals surface area (Å²) in [5.41, 5.74) is 0.0240. The molecule has 3 amide bonds. The molecule has 10 nitrogen and oxygen atoms in total. The maximum atomic E-state index is 12.8. The van der Waals surface area contributed by atoms with E-state index in [-0.39, 0.29) is 24.8 Å². The SMILES string of the molecule is CC(NC(=O)CN1CCOCC1)C(=O)NCC(=O)NC(Cc1ccccc1)C(=O)[C@@]1(C)CO1. The topological polar surface area (TPSA) is 129 Å². The van der Waals surface area contributed by atoms with Crippen LogP contribution in [-0.2, 0) is 35.1 Å². The number of ether oxygens (including phenoxy) is 2. The molecule has 2 saturated heterocycles. The minimum atomic E-state index is -0.880. The molecule has 0 bridgehead atoms. The van der Waals surface area contributed by atoms with Gasteiger partial charge in [-0.15, -0.1) is 0 Å². The highest BCUT2D eigenvalue weighted by Crippen LogP contribution is 2.29. The van der Waals surface area contributed by atoms with E-state index in [4.69, 9.17) is 9.47 Å². The number of nitrogens with zero attached hydrogens (tertiary/aromatic N) is 1. The number of epoxide rings is 1. The normalized spacial score (nSPS) is 22.0. The van der Waals surface area contributed by atoms with Gasteiger partial charge in [0.1, 0.15) is 11.6 Å². The molecule has 1 aromatic carbocycles. The van der Waals surface area contributed by atoms with Crippen LogP contribution in [-0.4, -0.2) is 92.1 Å². The van der Waals surface area contributed by atoms with Crippen molar-refractivity contribution in [3.05, 3.63) is 35.9 Å². The van der Waals surface area contributed by atoms with Gasteiger partial charge in [0.25, 0.3) is 0 Å². The lowest BCUT2D eigenvalue weighted by Crippen LogP contribution is -2.53. The summed E-state index contributed by atoms with van der Waals surface area (Å²) in [5, 5.41) is 7.86. The van der Waals surface area contributed by atoms with E-state index in [1.165, 1.54) is 0 Å². The summed E-state index contributed by atoms with van der Waals surface area (Å²) in [7, 11) is 0. The standard InChI is InChI=1S/C23H32N4O6/c1-16(25-20(29)14-27-8-10-32-11-9-27)22(31)24-13-19(28)26-18(21(30)23(2)15-33-23)12-17-6-4-3-5-7-17/h3-7,16,18H,8-15H2,1-2H3,(H,24,31)(H,25,29)(H,26,28)/t16?,18?,23-/m1/s1. The first kappa shape index (κ1) is 24.8. The van der Waals surface area contributed by atoms with Crippen molar-refractivity contribution < 1.29 is 28.7 Å². The van der Waals surface area contributed by atoms with E-state index < -0.39 is 29.5 Å². The highest BCUT2D eigenvalue weighted by molar-refractivity contribution is 5.97. The van der Waals surface area contributed by atoms with Gasteiger partial charge >= 0.3 is 0 Å². The molecule has 0 aromatic heterocycles. The number of morpholine rings is 1. The first-order valence-electron chi connectivity index (χ1n) is 11.2. The Balaban J connectivity index is 1.45. The van der Waals surface area contributed by atoms with Crippen molar-refractivity contribution in [2.45, 2.75) is 38.0 Å². The third-order valence-electron chi connectivity index (χ3n) is 5.70. The zero-order chi connectivity index (χ0) is 23.8. The highest BCUT2D eigenvalue weighted by atomic mass is 16.6. The highest BCUT2D eigenvalue weighted by Gasteiger charge is 2.50. The van der Waals surface area contributed by atoms with Crippen LogP contribution in [0.5, 0.6) is 0 Å². The van der Waals surface area contributed by atoms with Crippen LogP contribution >= 0.6 is 0 Å². The maximum absolute atomic E-state index is 12.8. The number of nitrogens with one attached hydrogen (secondary N) is 3. The largest absolute Gasteiger partial charge is 0.379 e. The molecule has 2 aliphatic heterocycles. The van der Waals surface area contributed by atoms with Gasteiger partial charge in [-0.25, -0.2) is 0 Å². The van der Waals surface area contributed by atoms with Crippen LogP contribution in [0.25, 0.3) is 0 Å². The second kappa shape index (κ2) is 11.4. The molecular weight excluding hydrogens is 428 g/mol. The van der Waals surface area contributed by atoms with E-state index in [1.54, 1.807) is 13.8 Å². The molecular formula is C23H32N4O6. The van der Waals surface area contributed by atoms with E-state index in [0.717, 1.165) is 5.56 Å². The van der Waals surface area contributed by atoms with E-state index in [2.05, 4.69) is 16.0 Å². The minimum Gasteiger partial charge on any atom is -0.379 e. The molecule has 3 rings (SSSR count). The van der Waals surface area contributed by atoms with Crippen LogP contribution in [0.3, 0.4) is 0 Å². The van der Waals surface area contributed by atoms with Crippen molar-refractivity contribution in [3.8, 4) is 0 Å². The van der Waals surface area contributed by atoms with Crippen molar-refractivity contribution in [2.75, 3.05) is 46.0 Å². The first-order valence-corrected chi connectivity index (χ1v) is 11.2. The Morgan fingerprint density at radius 1 is 1.06 bits per heavy atom. The van der Waals surface area contributed by atoms with Gasteiger partial charge in [-0.3, -0.25) is 24.1 Å². The number of carbonyl (C=O) groups excluding carboxylic acids is 4. The van der Waals surface area contributed by atoms with Gasteiger partial charge in [-0.2, -0.15) is 0 Å². The van der Waals surface area contributed by atoms with Gasteiger partial charge < -0.3 is 25.4 Å². The van der Waals surface area contributed by atoms with Crippen LogP contribution < -0.4 is 16.0 Å². The molecule has 2 unspecified atom stereocenters. The van der Waals surface area contributed by atoms with Crippen molar-refractivity contribution >= 4 is 23.5 Å². The van der Waals surface area contributed by atoms with Gasteiger partial charge in [0, 0.05) is 13.1 Å². The third-order valence-corrected chi connectivity index (χ3v) is 5.70. The van der Waals surface area contributed by atoms with Gasteiger partial charge in [0.2, 0.25) is 17.7 Å². The summed E-state index contributed by atoms with van der Waals surface area (Å²) in [5.74, 6) is -1.44. The monoisotopic (exact) mass is 460 g/mol. The van der Waals surface area contributed by atoms with Crippen molar-refractivity contribution in [1.29, 1.82) is 0 Å². The molecule has 2 fully saturated rings. The molecule has 0 aliphatic carbocycles. The second-order valence-electron chi connectivity index (χ2n) is 8.59. The van der Waals surface area contributed by atoms with E-state index >= 15 is 0 Å². The van der Waals surface area contributed by atoms with E-state index in [9.17, 15) is 19.2 Å². The quantitative estimate of drug-likeness (QED) is 0.362. The molecule has 33 heavy (non-hydrogen) atoms. The summed E-state index contributed by atoms with van der Waals surface area (Å²) in [6.45, 7) is 5.95. The van der Waals surface area contributed by atoms with Gasteiger partial charge in [0.05, 0.1) is 39.0 Å². The fourth-order valence-electron chi connectivity index (χ4n) is 3.56. The number of hydrogen-bond acceptors (Lipinski definition) is 7. The lowest BCUT2D eigenvalue weighted by atomic mass is 9.95. The Hall–Kier alpha value is -2.82. The number of rotatable bonds is 11. The zero-order valence-corrected chi connectivity index (χ0v) is 19.1. The van der Waals surface area contributed by atoms with Gasteiger partial charge in [0.15, 0.2) is 5.78 Å². The van der Waals surface area contributed by atoms with Crippen molar-refractivity contribution in [3.63, 3.8) is 0 Å². The molecule has 0 spiro atoms. The maximum Gasteiger partial charge on any atom is 0.242 e. The van der Waals surface area contributed by atoms with Crippen LogP contribution in [0.1, 0.15) is 19.4 Å². The molecule has 180 valence electrons. The number of benzene rings is 1. The summed E-state index contributed by atoms with van der Waals surface area (Å²) in [4.78, 5) is 51.7. The summed E-state index contributed by atoms with van der Waals surface area (Å²) in [6.07, 6.45) is 0.326. The van der Waals surface area contributed by atoms with Gasteiger partial charge in [-0.05, 0) is 25.8 Å². The number of carbonyl (C=O) groups is 4. The average Bonchev–Trinajstić information content (AvgIpc) is 3.56. The Labute approximate surface area is 193 Å². The average molecular weight is 461 g/mol. The van der Waals surface area contributed by atoms with Crippen LogP contribution in [0.15, 0.2) is 30.3 Å². The molecule has 3 N–H and O–H groups in total. The fraction of sp³-hybridized carbons (Fsp3) is 0.565. The first-order chi connectivity index (χ1) is 15.8. The summed E-state index contributed by atoms with van der Waals surface area (Å²) in [6, 6.07) is 7.80. The predicted octanol–water partition coefficient (Wildman–Crippen LogP) is -0.975. The van der Waals surface area contributed by atoms with Gasteiger partial charge in [-0.1, -0.05) is 30.3 Å². The lowest BCUT2D eigenvalue weighted by Gasteiger charge is -2.26. The Morgan fingerprint density at radius 2 is 1.73 bits per heavy atom. The Morgan fingerprint density at radius 3 is 2.36 bits per heavy atom. The van der Waals surface area contributed by atoms with Crippen molar-refractivity contribution in [2.24, 2.45) is 0 Å². The van der Waals surface area contributed by atoms with Crippen molar-refractivity contribution in [1.82, 2.24) is 20.9 Å². The third kappa shape index (κ3) is 7.62. The number of ketones is 1. The molecule has 1 aromatic rings. The zero-order valence-electron chi connectivity index (χ0n) is 19.1. The smallest absolute Gasteiger partial charge is 0.242 e. The van der Waals surface area contributed by atoms with E-state index in [1.807, 2.05) is 35.2 Å². The number of Topliss-reactive ketones (excluding diaryl/α,β-unsaturated/α-hetero) is 1. The number of amides is 3. The molecule has 2 heterocycles. The molecule has 10 heteroatoms. The molecule has 2 aliphatic rings. The Kier molecular flexibility index (Phi) is 8.54. The van der Waals surface area contributed by atoms with Crippen LogP contribution in [0, 0.1) is 0 Å². The molecule has 0 radical (unpaired) electrons. The Bertz CT molecular complexity index is 852. The van der Waals surface area contributed by atoms with E-state index in [0.29, 0.717) is 39.3 Å².